The van der Waals surface area contributed by atoms with Crippen LogP contribution in [0.15, 0.2) is 18.3 Å². The number of piperidine rings is 1. The van der Waals surface area contributed by atoms with Gasteiger partial charge in [0.25, 0.3) is 0 Å². The second-order valence-corrected chi connectivity index (χ2v) is 4.35. The molecule has 3 nitrogen and oxygen atoms in total. The van der Waals surface area contributed by atoms with E-state index in [2.05, 4.69) is 16.0 Å². The van der Waals surface area contributed by atoms with E-state index >= 15 is 0 Å². The standard InChI is InChI=1S/C12H17ClN2O/c1-16-12-3-2-6-15(9-12)11-4-5-14-10(7-11)8-13/h4-5,7,12H,2-3,6,8-9H2,1H3. The molecule has 0 aromatic carbocycles. The van der Waals surface area contributed by atoms with Crippen molar-refractivity contribution in [2.45, 2.75) is 24.8 Å². The second-order valence-electron chi connectivity index (χ2n) is 4.08. The average Bonchev–Trinajstić information content (AvgIpc) is 2.39. The van der Waals surface area contributed by atoms with Gasteiger partial charge < -0.3 is 9.64 Å². The summed E-state index contributed by atoms with van der Waals surface area (Å²) in [6.07, 6.45) is 4.50. The van der Waals surface area contributed by atoms with E-state index in [0.717, 1.165) is 25.2 Å². The van der Waals surface area contributed by atoms with Gasteiger partial charge in [0, 0.05) is 32.1 Å². The van der Waals surface area contributed by atoms with Gasteiger partial charge in [0.15, 0.2) is 0 Å². The molecule has 1 fully saturated rings. The third-order valence-electron chi connectivity index (χ3n) is 3.01. The van der Waals surface area contributed by atoms with Gasteiger partial charge in [-0.05, 0) is 25.0 Å². The predicted molar refractivity (Wildman–Crippen MR) is 66.0 cm³/mol. The lowest BCUT2D eigenvalue weighted by molar-refractivity contribution is 0.0893. The van der Waals surface area contributed by atoms with Gasteiger partial charge in [0.2, 0.25) is 0 Å². The third-order valence-corrected chi connectivity index (χ3v) is 3.29. The van der Waals surface area contributed by atoms with E-state index in [9.17, 15) is 0 Å². The van der Waals surface area contributed by atoms with E-state index in [1.807, 2.05) is 12.3 Å². The number of methoxy groups -OCH3 is 1. The van der Waals surface area contributed by atoms with Crippen molar-refractivity contribution in [3.63, 3.8) is 0 Å². The van der Waals surface area contributed by atoms with Gasteiger partial charge in [0.05, 0.1) is 17.7 Å². The van der Waals surface area contributed by atoms with Crippen LogP contribution in [-0.4, -0.2) is 31.3 Å². The maximum absolute atomic E-state index is 5.79. The maximum Gasteiger partial charge on any atom is 0.0746 e. The second kappa shape index (κ2) is 5.51. The van der Waals surface area contributed by atoms with Gasteiger partial charge in [-0.1, -0.05) is 0 Å². The predicted octanol–water partition coefficient (Wildman–Crippen LogP) is 2.44. The Morgan fingerprint density at radius 3 is 3.25 bits per heavy atom. The molecule has 1 saturated heterocycles. The fraction of sp³-hybridized carbons (Fsp3) is 0.583. The Bertz CT molecular complexity index is 346. The molecule has 0 bridgehead atoms. The van der Waals surface area contributed by atoms with Crippen molar-refractivity contribution in [1.82, 2.24) is 4.98 Å². The van der Waals surface area contributed by atoms with Gasteiger partial charge in [-0.15, -0.1) is 11.6 Å². The molecule has 2 rings (SSSR count). The van der Waals surface area contributed by atoms with E-state index in [1.54, 1.807) is 7.11 Å². The van der Waals surface area contributed by atoms with Crippen molar-refractivity contribution in [2.24, 2.45) is 0 Å². The SMILES string of the molecule is COC1CCCN(c2ccnc(CCl)c2)C1. The normalized spacial score (nSPS) is 21.1. The van der Waals surface area contributed by atoms with E-state index in [-0.39, 0.29) is 0 Å². The van der Waals surface area contributed by atoms with Gasteiger partial charge >= 0.3 is 0 Å². The largest absolute Gasteiger partial charge is 0.380 e. The molecule has 0 saturated carbocycles. The molecule has 1 aliphatic rings. The number of ether oxygens (including phenoxy) is 1. The van der Waals surface area contributed by atoms with Crippen LogP contribution in [0.2, 0.25) is 0 Å². The molecule has 1 aromatic heterocycles. The van der Waals surface area contributed by atoms with Gasteiger partial charge in [-0.2, -0.15) is 0 Å². The van der Waals surface area contributed by atoms with Crippen LogP contribution in [0.5, 0.6) is 0 Å². The molecule has 2 heterocycles. The zero-order valence-electron chi connectivity index (χ0n) is 9.53. The van der Waals surface area contributed by atoms with Crippen molar-refractivity contribution in [2.75, 3.05) is 25.1 Å². The van der Waals surface area contributed by atoms with Gasteiger partial charge in [0.1, 0.15) is 0 Å². The molecule has 0 spiro atoms. The number of hydrogen-bond acceptors (Lipinski definition) is 3. The minimum absolute atomic E-state index is 0.348. The number of alkyl halides is 1. The number of nitrogens with zero attached hydrogens (tertiary/aromatic N) is 2. The molecule has 1 aromatic rings. The van der Waals surface area contributed by atoms with Crippen molar-refractivity contribution >= 4 is 17.3 Å². The topological polar surface area (TPSA) is 25.4 Å². The Morgan fingerprint density at radius 2 is 2.50 bits per heavy atom. The highest BCUT2D eigenvalue weighted by Gasteiger charge is 2.19. The van der Waals surface area contributed by atoms with E-state index < -0.39 is 0 Å². The first-order chi connectivity index (χ1) is 7.83. The summed E-state index contributed by atoms with van der Waals surface area (Å²) in [5.74, 6) is 0.468. The molecule has 0 amide bonds. The zero-order chi connectivity index (χ0) is 11.4. The van der Waals surface area contributed by atoms with Crippen LogP contribution in [0.25, 0.3) is 0 Å². The number of aromatic nitrogens is 1. The fourth-order valence-corrected chi connectivity index (χ4v) is 2.25. The summed E-state index contributed by atoms with van der Waals surface area (Å²) in [6, 6.07) is 4.10. The van der Waals surface area contributed by atoms with Gasteiger partial charge in [-0.25, -0.2) is 0 Å². The molecule has 0 radical (unpaired) electrons. The zero-order valence-corrected chi connectivity index (χ0v) is 10.3. The van der Waals surface area contributed by atoms with Crippen molar-refractivity contribution < 1.29 is 4.74 Å². The van der Waals surface area contributed by atoms with E-state index in [0.29, 0.717) is 12.0 Å². The molecule has 0 aliphatic carbocycles. The average molecular weight is 241 g/mol. The molecule has 0 N–H and O–H groups in total. The monoisotopic (exact) mass is 240 g/mol. The molecule has 1 aliphatic heterocycles. The van der Waals surface area contributed by atoms with Crippen molar-refractivity contribution in [3.05, 3.63) is 24.0 Å². The first-order valence-corrected chi connectivity index (χ1v) is 6.15. The molecule has 1 unspecified atom stereocenters. The summed E-state index contributed by atoms with van der Waals surface area (Å²) in [6.45, 7) is 2.05. The van der Waals surface area contributed by atoms with Crippen LogP contribution in [0, 0.1) is 0 Å². The molecule has 16 heavy (non-hydrogen) atoms. The smallest absolute Gasteiger partial charge is 0.0746 e. The Kier molecular flexibility index (Phi) is 4.02. The summed E-state index contributed by atoms with van der Waals surface area (Å²) in [5.41, 5.74) is 2.13. The maximum atomic E-state index is 5.79. The molecule has 1 atom stereocenters. The molecular weight excluding hydrogens is 224 g/mol. The van der Waals surface area contributed by atoms with E-state index in [1.165, 1.54) is 12.1 Å². The van der Waals surface area contributed by atoms with Crippen LogP contribution in [0.1, 0.15) is 18.5 Å². The lowest BCUT2D eigenvalue weighted by atomic mass is 10.1. The third kappa shape index (κ3) is 2.66. The van der Waals surface area contributed by atoms with E-state index in [4.69, 9.17) is 16.3 Å². The highest BCUT2D eigenvalue weighted by Crippen LogP contribution is 2.21. The number of pyridine rings is 1. The highest BCUT2D eigenvalue weighted by molar-refractivity contribution is 6.16. The van der Waals surface area contributed by atoms with Gasteiger partial charge in [-0.3, -0.25) is 4.98 Å². The molecule has 88 valence electrons. The minimum atomic E-state index is 0.348. The lowest BCUT2D eigenvalue weighted by Gasteiger charge is -2.33. The number of hydrogen-bond donors (Lipinski definition) is 0. The van der Waals surface area contributed by atoms with Crippen molar-refractivity contribution in [1.29, 1.82) is 0 Å². The molecular formula is C12H17ClN2O. The van der Waals surface area contributed by atoms with Crippen LogP contribution < -0.4 is 4.90 Å². The Balaban J connectivity index is 2.10. The summed E-state index contributed by atoms with van der Waals surface area (Å²) in [4.78, 5) is 6.54. The van der Waals surface area contributed by atoms with Crippen LogP contribution >= 0.6 is 11.6 Å². The van der Waals surface area contributed by atoms with Crippen LogP contribution in [-0.2, 0) is 10.6 Å². The summed E-state index contributed by atoms with van der Waals surface area (Å²) in [5, 5.41) is 0. The first-order valence-electron chi connectivity index (χ1n) is 5.62. The lowest BCUT2D eigenvalue weighted by Crippen LogP contribution is -2.39. The quantitative estimate of drug-likeness (QED) is 0.759. The summed E-state index contributed by atoms with van der Waals surface area (Å²) < 4.78 is 5.42. The number of rotatable bonds is 3. The number of halogens is 1. The Morgan fingerprint density at radius 1 is 1.62 bits per heavy atom. The van der Waals surface area contributed by atoms with Crippen molar-refractivity contribution in [3.8, 4) is 0 Å². The minimum Gasteiger partial charge on any atom is -0.380 e. The Labute approximate surface area is 101 Å². The first kappa shape index (κ1) is 11.7. The number of anilines is 1. The summed E-state index contributed by atoms with van der Waals surface area (Å²) >= 11 is 5.79. The molecule has 4 heteroatoms. The Hall–Kier alpha value is -0.800. The van der Waals surface area contributed by atoms with Crippen LogP contribution in [0.4, 0.5) is 5.69 Å². The highest BCUT2D eigenvalue weighted by atomic mass is 35.5. The van der Waals surface area contributed by atoms with Crippen LogP contribution in [0.3, 0.4) is 0 Å². The fourth-order valence-electron chi connectivity index (χ4n) is 2.10. The summed E-state index contributed by atoms with van der Waals surface area (Å²) in [7, 11) is 1.78.